The van der Waals surface area contributed by atoms with Gasteiger partial charge in [0.15, 0.2) is 0 Å². The molecular weight excluding hydrogens is 1680 g/mol. The largest absolute Gasteiger partial charge is 0.0616 e. The fourth-order valence-electron chi connectivity index (χ4n) is 24.4. The summed E-state index contributed by atoms with van der Waals surface area (Å²) in [5.74, 6) is 0. The van der Waals surface area contributed by atoms with Gasteiger partial charge in [0.05, 0.1) is 0 Å². The Hall–Kier alpha value is -18.2. The molecule has 0 N–H and O–H groups in total. The van der Waals surface area contributed by atoms with Crippen molar-refractivity contribution < 1.29 is 0 Å². The van der Waals surface area contributed by atoms with E-state index in [1.165, 1.54) is 305 Å². The first-order chi connectivity index (χ1) is 69.4. The molecule has 0 aliphatic rings. The van der Waals surface area contributed by atoms with Gasteiger partial charge in [-0.1, -0.05) is 461 Å². The third-order valence-electron chi connectivity index (χ3n) is 30.7. The third kappa shape index (κ3) is 12.5. The molecule has 0 radical (unpaired) electrons. The van der Waals surface area contributed by atoms with E-state index in [-0.39, 0.29) is 0 Å². The van der Waals surface area contributed by atoms with E-state index >= 15 is 0 Å². The van der Waals surface area contributed by atoms with E-state index in [0.29, 0.717) is 0 Å². The number of rotatable bonds is 10. The van der Waals surface area contributed by atoms with Crippen LogP contribution in [0.2, 0.25) is 0 Å². The Balaban J connectivity index is 0.000000134. The summed E-state index contributed by atoms with van der Waals surface area (Å²) in [6, 6.07) is 191. The van der Waals surface area contributed by atoms with Gasteiger partial charge in [-0.05, 0) is 354 Å². The van der Waals surface area contributed by atoms with Gasteiger partial charge < -0.3 is 0 Å². The van der Waals surface area contributed by atoms with Crippen LogP contribution in [-0.2, 0) is 0 Å². The predicted octanol–water partition coefficient (Wildman–Crippen LogP) is 39.7. The van der Waals surface area contributed by atoms with Gasteiger partial charge in [0.1, 0.15) is 0 Å². The van der Waals surface area contributed by atoms with Crippen LogP contribution in [0, 0.1) is 0 Å². The lowest BCUT2D eigenvalue weighted by Gasteiger charge is -2.20. The summed E-state index contributed by atoms with van der Waals surface area (Å²) in [4.78, 5) is 0. The van der Waals surface area contributed by atoms with Crippen LogP contribution in [0.1, 0.15) is 0 Å². The van der Waals surface area contributed by atoms with E-state index in [1.807, 2.05) is 0 Å². The molecule has 0 aromatic heterocycles. The van der Waals surface area contributed by atoms with Gasteiger partial charge in [-0.15, -0.1) is 0 Å². The molecule has 0 heterocycles. The minimum absolute atomic E-state index is 1.20. The summed E-state index contributed by atoms with van der Waals surface area (Å²) < 4.78 is 0. The normalized spacial score (nSPS) is 12.0. The number of fused-ring (bicyclic) bond motifs is 16. The van der Waals surface area contributed by atoms with Crippen LogP contribution < -0.4 is 0 Å². The number of hydrogen-bond donors (Lipinski definition) is 0. The highest BCUT2D eigenvalue weighted by Crippen LogP contribution is 2.53. The molecular formula is C140H84. The van der Waals surface area contributed by atoms with Crippen molar-refractivity contribution in [3.8, 4) is 111 Å². The maximum Gasteiger partial charge on any atom is -0.00206 e. The molecule has 30 aromatic carbocycles. The molecule has 0 saturated heterocycles. The van der Waals surface area contributed by atoms with Gasteiger partial charge in [0.2, 0.25) is 0 Å². The van der Waals surface area contributed by atoms with E-state index in [1.54, 1.807) is 0 Å². The van der Waals surface area contributed by atoms with Crippen LogP contribution in [-0.4, -0.2) is 0 Å². The van der Waals surface area contributed by atoms with Crippen molar-refractivity contribution in [2.75, 3.05) is 0 Å². The molecule has 0 heteroatoms. The zero-order valence-corrected chi connectivity index (χ0v) is 76.5. The van der Waals surface area contributed by atoms with Gasteiger partial charge in [0.25, 0.3) is 0 Å². The summed E-state index contributed by atoms with van der Waals surface area (Å²) >= 11 is 0. The minimum Gasteiger partial charge on any atom is -0.0616 e. The fourth-order valence-corrected chi connectivity index (χ4v) is 24.4. The first-order valence-corrected chi connectivity index (χ1v) is 48.8. The van der Waals surface area contributed by atoms with Crippen molar-refractivity contribution in [3.05, 3.63) is 510 Å². The second kappa shape index (κ2) is 31.7. The average Bonchev–Trinajstić information content (AvgIpc) is 0.730. The topological polar surface area (TPSA) is 0 Å². The molecule has 0 unspecified atom stereocenters. The summed E-state index contributed by atoms with van der Waals surface area (Å²) in [5, 5.41) is 45.8. The lowest BCUT2D eigenvalue weighted by Crippen LogP contribution is -1.93. The smallest absolute Gasteiger partial charge is 0.00206 e. The van der Waals surface area contributed by atoms with Gasteiger partial charge in [-0.25, -0.2) is 0 Å². The van der Waals surface area contributed by atoms with Crippen molar-refractivity contribution in [2.24, 2.45) is 0 Å². The van der Waals surface area contributed by atoms with Crippen LogP contribution in [0.4, 0.5) is 0 Å². The van der Waals surface area contributed by atoms with Gasteiger partial charge in [0, 0.05) is 0 Å². The lowest BCUT2D eigenvalue weighted by atomic mass is 9.83. The second-order valence-electron chi connectivity index (χ2n) is 38.1. The molecule has 30 aromatic rings. The molecule has 0 amide bonds. The van der Waals surface area contributed by atoms with Crippen LogP contribution in [0.5, 0.6) is 0 Å². The van der Waals surface area contributed by atoms with Gasteiger partial charge in [-0.3, -0.25) is 0 Å². The fraction of sp³-hybridized carbons (Fsp3) is 0. The molecule has 0 spiro atoms. The zero-order chi connectivity index (χ0) is 91.7. The Labute approximate surface area is 808 Å². The van der Waals surface area contributed by atoms with E-state index in [0.717, 1.165) is 0 Å². The molecule has 0 fully saturated rings. The molecule has 0 nitrogen and oxygen atoms in total. The quantitative estimate of drug-likeness (QED) is 0.0946. The monoisotopic (exact) mass is 1760 g/mol. The van der Waals surface area contributed by atoms with E-state index in [4.69, 9.17) is 0 Å². The SMILES string of the molecule is c1cc(-c2c3ccccc3c(-c3cccc(-c4cc5ccccc5c5ccccc45)c3)c3cc(-c4ccc5ccc6cccc7ccc4c5c67)ccc23)cc(-c2cc3ccccc3c3ccccc23)c1.c1ccc2c(c1)cc(-c1ccc(-c3c4ccccc4c(-c4ccc(-c5cc6ccccc6c6ccccc56)cc4)c4cc(-c5ccc6ccc7cccc8ccc5c6c78)ccc34)cc1)c1ccccc12. The molecule has 644 valence electrons. The van der Waals surface area contributed by atoms with Crippen LogP contribution in [0.3, 0.4) is 0 Å². The highest BCUT2D eigenvalue weighted by molar-refractivity contribution is 6.31. The van der Waals surface area contributed by atoms with Crippen molar-refractivity contribution in [2.45, 2.75) is 0 Å². The lowest BCUT2D eigenvalue weighted by molar-refractivity contribution is 1.63. The first-order valence-electron chi connectivity index (χ1n) is 48.8. The molecule has 0 atom stereocenters. The Bertz CT molecular complexity index is 10400. The Morgan fingerprint density at radius 2 is 0.286 bits per heavy atom. The maximum absolute atomic E-state index is 2.49. The Morgan fingerprint density at radius 1 is 0.0786 bits per heavy atom. The van der Waals surface area contributed by atoms with Gasteiger partial charge in [-0.2, -0.15) is 0 Å². The van der Waals surface area contributed by atoms with E-state index < -0.39 is 0 Å². The highest BCUT2D eigenvalue weighted by atomic mass is 14.3. The van der Waals surface area contributed by atoms with Crippen molar-refractivity contribution in [1.82, 2.24) is 0 Å². The van der Waals surface area contributed by atoms with Crippen molar-refractivity contribution in [3.63, 3.8) is 0 Å². The summed E-state index contributed by atoms with van der Waals surface area (Å²) in [5.41, 5.74) is 24.6. The predicted molar refractivity (Wildman–Crippen MR) is 605 cm³/mol. The Morgan fingerprint density at radius 3 is 0.629 bits per heavy atom. The Kier molecular flexibility index (Phi) is 17.9. The van der Waals surface area contributed by atoms with Gasteiger partial charge >= 0.3 is 0 Å². The molecule has 30 rings (SSSR count). The van der Waals surface area contributed by atoms with Crippen LogP contribution in [0.25, 0.3) is 305 Å². The molecule has 140 heavy (non-hydrogen) atoms. The van der Waals surface area contributed by atoms with Crippen molar-refractivity contribution in [1.29, 1.82) is 0 Å². The second-order valence-corrected chi connectivity index (χ2v) is 38.1. The molecule has 0 bridgehead atoms. The summed E-state index contributed by atoms with van der Waals surface area (Å²) in [7, 11) is 0. The first kappa shape index (κ1) is 79.2. The average molecular weight is 1770 g/mol. The summed E-state index contributed by atoms with van der Waals surface area (Å²) in [6.07, 6.45) is 0. The molecule has 0 aliphatic heterocycles. The van der Waals surface area contributed by atoms with Crippen molar-refractivity contribution >= 4 is 194 Å². The molecule has 0 saturated carbocycles. The van der Waals surface area contributed by atoms with Crippen LogP contribution in [0.15, 0.2) is 510 Å². The van der Waals surface area contributed by atoms with E-state index in [9.17, 15) is 0 Å². The summed E-state index contributed by atoms with van der Waals surface area (Å²) in [6.45, 7) is 0. The number of benzene rings is 30. The standard InChI is InChI=1S/2C70H42/c1-3-22-53-48(14-1)40-64(58-26-7-5-24-56(53)58)46-18-12-20-51(38-46)68-60-28-9-10-29-61(60)69(52-21-13-19-47(39-52)65-41-49-15-2-4-23-54(49)57-25-6-8-27-59(57)65)66-42-50(34-37-63(66)68)55-35-32-45-31-30-43-16-11-17-44-33-36-62(55)70(45)67(43)44;1-3-16-53-50(12-1)40-64(58-20-7-5-18-56(53)58)43-24-28-47(29-25-43)68-60-22-9-10-23-61(60)69(48-30-26-44(27-31-48)65-41-51-13-2-4-17-54(51)57-19-6-8-21-59(57)65)66-42-52(36-39-63(66)68)55-37-34-49-33-32-45-14-11-15-46-35-38-62(55)70(49)67(45)46/h2*1-42H. The highest BCUT2D eigenvalue weighted by Gasteiger charge is 2.26. The number of hydrogen-bond acceptors (Lipinski definition) is 0. The van der Waals surface area contributed by atoms with E-state index in [2.05, 4.69) is 510 Å². The van der Waals surface area contributed by atoms with Crippen LogP contribution >= 0.6 is 0 Å². The molecule has 0 aliphatic carbocycles. The zero-order valence-electron chi connectivity index (χ0n) is 76.5. The third-order valence-corrected chi connectivity index (χ3v) is 30.7. The maximum atomic E-state index is 2.49. The minimum atomic E-state index is 1.20.